The zero-order chi connectivity index (χ0) is 17.7. The van der Waals surface area contributed by atoms with Crippen LogP contribution in [0.2, 0.25) is 5.02 Å². The van der Waals surface area contributed by atoms with Gasteiger partial charge in [-0.05, 0) is 36.4 Å². The number of carbonyl (C=O) groups is 1. The zero-order valence-electron chi connectivity index (χ0n) is 12.9. The normalized spacial score (nSPS) is 11.0. The second kappa shape index (κ2) is 7.52. The number of amides is 1. The molecule has 0 saturated carbocycles. The van der Waals surface area contributed by atoms with Crippen molar-refractivity contribution in [2.75, 3.05) is 14.2 Å². The number of carbonyl (C=O) groups excluding carboxylic acids is 1. The Bertz CT molecular complexity index is 855. The fourth-order valence-electron chi connectivity index (χ4n) is 1.86. The summed E-state index contributed by atoms with van der Waals surface area (Å²) in [7, 11) is -1.04. The first-order valence-electron chi connectivity index (χ1n) is 6.67. The lowest BCUT2D eigenvalue weighted by Gasteiger charge is -2.11. The van der Waals surface area contributed by atoms with Crippen LogP contribution in [-0.2, 0) is 10.0 Å². The van der Waals surface area contributed by atoms with Crippen molar-refractivity contribution in [1.29, 1.82) is 0 Å². The molecule has 2 aromatic carbocycles. The highest BCUT2D eigenvalue weighted by molar-refractivity contribution is 7.89. The number of hydrogen-bond acceptors (Lipinski definition) is 5. The van der Waals surface area contributed by atoms with Crippen LogP contribution in [0.4, 0.5) is 0 Å². The second-order valence-corrected chi connectivity index (χ2v) is 6.71. The molecule has 0 unspecified atom stereocenters. The third-order valence-electron chi connectivity index (χ3n) is 3.05. The number of rotatable bonds is 6. The molecule has 0 saturated heterocycles. The van der Waals surface area contributed by atoms with E-state index in [2.05, 4.69) is 5.43 Å². The zero-order valence-corrected chi connectivity index (χ0v) is 14.4. The van der Waals surface area contributed by atoms with Crippen LogP contribution >= 0.6 is 11.6 Å². The Balaban J connectivity index is 2.13. The van der Waals surface area contributed by atoms with Crippen molar-refractivity contribution >= 4 is 27.5 Å². The number of benzene rings is 2. The molecule has 128 valence electrons. The van der Waals surface area contributed by atoms with Gasteiger partial charge >= 0.3 is 0 Å². The first kappa shape index (κ1) is 18.1. The molecule has 0 aliphatic carbocycles. The number of halogens is 1. The first-order chi connectivity index (χ1) is 11.4. The third kappa shape index (κ3) is 4.16. The number of hydrogen-bond donors (Lipinski definition) is 2. The molecule has 1 amide bonds. The molecule has 0 aromatic heterocycles. The van der Waals surface area contributed by atoms with Crippen LogP contribution in [0.3, 0.4) is 0 Å². The summed E-state index contributed by atoms with van der Waals surface area (Å²) in [5, 5.41) is 0.268. The molecule has 24 heavy (non-hydrogen) atoms. The van der Waals surface area contributed by atoms with E-state index in [0.29, 0.717) is 11.5 Å². The average molecular weight is 371 g/mol. The molecule has 0 radical (unpaired) electrons. The highest BCUT2D eigenvalue weighted by atomic mass is 35.5. The van der Waals surface area contributed by atoms with Gasteiger partial charge in [-0.1, -0.05) is 17.7 Å². The summed E-state index contributed by atoms with van der Waals surface area (Å²) in [4.78, 5) is 14.0. The van der Waals surface area contributed by atoms with Gasteiger partial charge in [0, 0.05) is 10.6 Å². The largest absolute Gasteiger partial charge is 0.493 e. The Labute approximate surface area is 144 Å². The summed E-state index contributed by atoms with van der Waals surface area (Å²) in [5.74, 6) is 0.151. The van der Waals surface area contributed by atoms with E-state index in [1.54, 1.807) is 12.1 Å². The third-order valence-corrected chi connectivity index (χ3v) is 4.53. The van der Waals surface area contributed by atoms with Crippen molar-refractivity contribution < 1.29 is 22.7 Å². The highest BCUT2D eigenvalue weighted by Gasteiger charge is 2.17. The SMILES string of the molecule is COc1ccc(C(=O)NNS(=O)(=O)c2cccc(Cl)c2)cc1OC. The smallest absolute Gasteiger partial charge is 0.266 e. The molecule has 9 heteroatoms. The Kier molecular flexibility index (Phi) is 5.66. The summed E-state index contributed by atoms with van der Waals surface area (Å²) < 4.78 is 34.4. The van der Waals surface area contributed by atoms with Crippen molar-refractivity contribution in [3.63, 3.8) is 0 Å². The van der Waals surface area contributed by atoms with E-state index in [4.69, 9.17) is 21.1 Å². The molecule has 0 aliphatic heterocycles. The van der Waals surface area contributed by atoms with Gasteiger partial charge in [-0.3, -0.25) is 10.2 Å². The van der Waals surface area contributed by atoms with Crippen molar-refractivity contribution in [1.82, 2.24) is 10.3 Å². The minimum atomic E-state index is -3.94. The van der Waals surface area contributed by atoms with E-state index in [0.717, 1.165) is 0 Å². The number of hydrazine groups is 1. The van der Waals surface area contributed by atoms with Gasteiger partial charge in [0.05, 0.1) is 19.1 Å². The quantitative estimate of drug-likeness (QED) is 0.758. The van der Waals surface area contributed by atoms with Gasteiger partial charge in [-0.25, -0.2) is 8.42 Å². The maximum Gasteiger partial charge on any atom is 0.266 e. The van der Waals surface area contributed by atoms with Crippen LogP contribution in [-0.4, -0.2) is 28.5 Å². The maximum absolute atomic E-state index is 12.1. The summed E-state index contributed by atoms with van der Waals surface area (Å²) in [6, 6.07) is 10.1. The van der Waals surface area contributed by atoms with Crippen molar-refractivity contribution in [2.24, 2.45) is 0 Å². The number of nitrogens with one attached hydrogen (secondary N) is 2. The lowest BCUT2D eigenvalue weighted by molar-refractivity contribution is 0.0944. The number of methoxy groups -OCH3 is 2. The Hall–Kier alpha value is -2.29. The molecule has 0 spiro atoms. The Morgan fingerprint density at radius 2 is 1.75 bits per heavy atom. The summed E-state index contributed by atoms with van der Waals surface area (Å²) in [6.45, 7) is 0. The van der Waals surface area contributed by atoms with E-state index < -0.39 is 15.9 Å². The van der Waals surface area contributed by atoms with Gasteiger partial charge in [-0.2, -0.15) is 0 Å². The molecule has 0 aliphatic rings. The molecule has 2 rings (SSSR count). The predicted octanol–water partition coefficient (Wildman–Crippen LogP) is 1.98. The fraction of sp³-hybridized carbons (Fsp3) is 0.133. The molecule has 0 bridgehead atoms. The van der Waals surface area contributed by atoms with E-state index in [9.17, 15) is 13.2 Å². The predicted molar refractivity (Wildman–Crippen MR) is 88.8 cm³/mol. The van der Waals surface area contributed by atoms with E-state index in [-0.39, 0.29) is 15.5 Å². The summed E-state index contributed by atoms with van der Waals surface area (Å²) in [5.41, 5.74) is 2.33. The molecule has 0 fully saturated rings. The van der Waals surface area contributed by atoms with Crippen LogP contribution in [0.25, 0.3) is 0 Å². The molecule has 2 N–H and O–H groups in total. The summed E-state index contributed by atoms with van der Waals surface area (Å²) in [6.07, 6.45) is 0. The number of ether oxygens (including phenoxy) is 2. The maximum atomic E-state index is 12.1. The molecular formula is C15H15ClN2O5S. The van der Waals surface area contributed by atoms with Gasteiger partial charge in [0.25, 0.3) is 15.9 Å². The standard InChI is InChI=1S/C15H15ClN2O5S/c1-22-13-7-6-10(8-14(13)23-2)15(19)17-18-24(20,21)12-5-3-4-11(16)9-12/h3-9,18H,1-2H3,(H,17,19). The molecule has 0 heterocycles. The van der Waals surface area contributed by atoms with Gasteiger partial charge in [0.2, 0.25) is 0 Å². The van der Waals surface area contributed by atoms with Gasteiger partial charge in [0.1, 0.15) is 0 Å². The number of sulfonamides is 1. The Morgan fingerprint density at radius 1 is 1.04 bits per heavy atom. The topological polar surface area (TPSA) is 93.7 Å². The minimum absolute atomic E-state index is 0.0670. The van der Waals surface area contributed by atoms with Gasteiger partial charge in [-0.15, -0.1) is 4.83 Å². The molecule has 2 aromatic rings. The van der Waals surface area contributed by atoms with Crippen molar-refractivity contribution in [3.8, 4) is 11.5 Å². The Morgan fingerprint density at radius 3 is 2.38 bits per heavy atom. The van der Waals surface area contributed by atoms with E-state index in [1.165, 1.54) is 44.6 Å². The second-order valence-electron chi connectivity index (χ2n) is 4.59. The lowest BCUT2D eigenvalue weighted by Crippen LogP contribution is -2.41. The minimum Gasteiger partial charge on any atom is -0.493 e. The molecule has 0 atom stereocenters. The highest BCUT2D eigenvalue weighted by Crippen LogP contribution is 2.27. The average Bonchev–Trinajstić information content (AvgIpc) is 2.59. The van der Waals surface area contributed by atoms with Crippen LogP contribution < -0.4 is 19.7 Å². The van der Waals surface area contributed by atoms with Crippen molar-refractivity contribution in [3.05, 3.63) is 53.1 Å². The van der Waals surface area contributed by atoms with Gasteiger partial charge < -0.3 is 9.47 Å². The van der Waals surface area contributed by atoms with Crippen LogP contribution in [0.5, 0.6) is 11.5 Å². The van der Waals surface area contributed by atoms with E-state index in [1.807, 2.05) is 4.83 Å². The monoisotopic (exact) mass is 370 g/mol. The van der Waals surface area contributed by atoms with Crippen LogP contribution in [0, 0.1) is 0 Å². The summed E-state index contributed by atoms with van der Waals surface area (Å²) >= 11 is 5.77. The van der Waals surface area contributed by atoms with E-state index >= 15 is 0 Å². The van der Waals surface area contributed by atoms with Gasteiger partial charge in [0.15, 0.2) is 11.5 Å². The van der Waals surface area contributed by atoms with Crippen LogP contribution in [0.15, 0.2) is 47.4 Å². The molecule has 7 nitrogen and oxygen atoms in total. The lowest BCUT2D eigenvalue weighted by atomic mass is 10.2. The van der Waals surface area contributed by atoms with Crippen LogP contribution in [0.1, 0.15) is 10.4 Å². The first-order valence-corrected chi connectivity index (χ1v) is 8.53. The fourth-order valence-corrected chi connectivity index (χ4v) is 3.00. The molecular weight excluding hydrogens is 356 g/mol. The van der Waals surface area contributed by atoms with Crippen molar-refractivity contribution in [2.45, 2.75) is 4.90 Å².